The van der Waals surface area contributed by atoms with Gasteiger partial charge < -0.3 is 0 Å². The van der Waals surface area contributed by atoms with Crippen LogP contribution in [0, 0.1) is 0 Å². The maximum Gasteiger partial charge on any atom is 0.183 e. The average molecular weight is 412 g/mol. The maximum absolute atomic E-state index is 13.1. The summed E-state index contributed by atoms with van der Waals surface area (Å²) in [7, 11) is -1.41. The molecular formula is C21H25N5O2S. The van der Waals surface area contributed by atoms with Crippen LogP contribution in [0.5, 0.6) is 0 Å². The first-order valence-corrected chi connectivity index (χ1v) is 11.5. The number of likely N-dealkylation sites (tertiary alicyclic amines) is 1. The molecule has 7 nitrogen and oxygen atoms in total. The van der Waals surface area contributed by atoms with Gasteiger partial charge in [-0.25, -0.2) is 8.42 Å². The van der Waals surface area contributed by atoms with Crippen molar-refractivity contribution in [2.45, 2.75) is 42.5 Å². The van der Waals surface area contributed by atoms with Gasteiger partial charge in [0, 0.05) is 62.2 Å². The molecule has 2 aliphatic rings. The Labute approximate surface area is 170 Å². The summed E-state index contributed by atoms with van der Waals surface area (Å²) in [5.74, 6) is 0.0202. The molecule has 0 saturated carbocycles. The van der Waals surface area contributed by atoms with Crippen LogP contribution >= 0.6 is 0 Å². The minimum atomic E-state index is -3.29. The van der Waals surface area contributed by atoms with Crippen molar-refractivity contribution in [2.75, 3.05) is 13.1 Å². The van der Waals surface area contributed by atoms with Crippen molar-refractivity contribution < 1.29 is 8.42 Å². The largest absolute Gasteiger partial charge is 0.297 e. The summed E-state index contributed by atoms with van der Waals surface area (Å²) in [5.41, 5.74) is 4.11. The Morgan fingerprint density at radius 2 is 1.93 bits per heavy atom. The van der Waals surface area contributed by atoms with Gasteiger partial charge in [-0.1, -0.05) is 6.07 Å². The van der Waals surface area contributed by atoms with Crippen molar-refractivity contribution in [3.63, 3.8) is 0 Å². The van der Waals surface area contributed by atoms with Crippen LogP contribution < -0.4 is 0 Å². The second kappa shape index (κ2) is 6.53. The smallest absolute Gasteiger partial charge is 0.183 e. The quantitative estimate of drug-likeness (QED) is 0.660. The van der Waals surface area contributed by atoms with E-state index in [0.717, 1.165) is 35.3 Å². The van der Waals surface area contributed by atoms with E-state index in [1.807, 2.05) is 36.4 Å². The molecule has 0 aliphatic carbocycles. The number of aryl methyl sites for hydroxylation is 1. The minimum absolute atomic E-state index is 0.0202. The number of benzene rings is 1. The monoisotopic (exact) mass is 411 g/mol. The van der Waals surface area contributed by atoms with Crippen LogP contribution in [0.3, 0.4) is 0 Å². The fourth-order valence-electron chi connectivity index (χ4n) is 4.60. The molecular weight excluding hydrogens is 386 g/mol. The summed E-state index contributed by atoms with van der Waals surface area (Å²) < 4.78 is 30.0. The molecule has 29 heavy (non-hydrogen) atoms. The topological polar surface area (TPSA) is 73.0 Å². The predicted molar refractivity (Wildman–Crippen MR) is 110 cm³/mol. The third-order valence-electron chi connectivity index (χ3n) is 6.08. The number of hydrogen-bond acceptors (Lipinski definition) is 5. The molecule has 1 saturated heterocycles. The number of hydrogen-bond donors (Lipinski definition) is 0. The molecule has 2 atom stereocenters. The highest BCUT2D eigenvalue weighted by Crippen LogP contribution is 2.46. The lowest BCUT2D eigenvalue weighted by atomic mass is 9.95. The van der Waals surface area contributed by atoms with Crippen LogP contribution in [0.2, 0.25) is 0 Å². The molecule has 0 unspecified atom stereocenters. The highest BCUT2D eigenvalue weighted by Gasteiger charge is 2.50. The highest BCUT2D eigenvalue weighted by molar-refractivity contribution is 7.92. The molecule has 2 aromatic heterocycles. The normalized spacial score (nSPS) is 22.9. The van der Waals surface area contributed by atoms with E-state index in [1.54, 1.807) is 10.7 Å². The molecule has 152 valence electrons. The predicted octanol–water partition coefficient (Wildman–Crippen LogP) is 2.62. The van der Waals surface area contributed by atoms with Crippen LogP contribution in [0.1, 0.15) is 36.9 Å². The summed E-state index contributed by atoms with van der Waals surface area (Å²) in [6.45, 7) is 6.24. The molecule has 0 N–H and O–H groups in total. The van der Waals surface area contributed by atoms with E-state index in [9.17, 15) is 8.42 Å². The van der Waals surface area contributed by atoms with Crippen molar-refractivity contribution in [3.05, 3.63) is 54.1 Å². The van der Waals surface area contributed by atoms with Crippen LogP contribution in [0.15, 0.2) is 47.9 Å². The number of sulfone groups is 1. The summed E-state index contributed by atoms with van der Waals surface area (Å²) in [4.78, 5) is 2.75. The van der Waals surface area contributed by atoms with E-state index in [2.05, 4.69) is 41.2 Å². The first kappa shape index (κ1) is 18.6. The van der Waals surface area contributed by atoms with Gasteiger partial charge in [0.1, 0.15) is 0 Å². The standard InChI is InChI=1S/C21H25N5O2S/c1-14(2)26-10-15(7-23-26)9-25-12-19-18-6-16(17-8-22-24(3)11-17)4-5-20(18)29(27,28)21(19)13-25/h4-8,10-11,14,19,21H,9,12-13H2,1-3H3/t19-,21+/m1/s1. The lowest BCUT2D eigenvalue weighted by Crippen LogP contribution is -2.25. The minimum Gasteiger partial charge on any atom is -0.297 e. The summed E-state index contributed by atoms with van der Waals surface area (Å²) in [6.07, 6.45) is 7.71. The Balaban J connectivity index is 1.43. The van der Waals surface area contributed by atoms with Crippen LogP contribution in [0.25, 0.3) is 11.1 Å². The van der Waals surface area contributed by atoms with Crippen molar-refractivity contribution in [1.82, 2.24) is 24.5 Å². The van der Waals surface area contributed by atoms with Crippen molar-refractivity contribution in [2.24, 2.45) is 7.05 Å². The highest BCUT2D eigenvalue weighted by atomic mass is 32.2. The Bertz CT molecular complexity index is 1180. The molecule has 1 aromatic carbocycles. The lowest BCUT2D eigenvalue weighted by molar-refractivity contribution is 0.325. The van der Waals surface area contributed by atoms with Gasteiger partial charge >= 0.3 is 0 Å². The first-order chi connectivity index (χ1) is 13.8. The first-order valence-electron chi connectivity index (χ1n) is 9.95. The zero-order valence-electron chi connectivity index (χ0n) is 16.9. The zero-order chi connectivity index (χ0) is 20.3. The van der Waals surface area contributed by atoms with Gasteiger partial charge in [0.05, 0.1) is 22.5 Å². The van der Waals surface area contributed by atoms with Gasteiger partial charge in [-0.05, 0) is 37.1 Å². The summed E-state index contributed by atoms with van der Waals surface area (Å²) in [6, 6.07) is 6.05. The molecule has 3 aromatic rings. The van der Waals surface area contributed by atoms with Crippen molar-refractivity contribution in [3.8, 4) is 11.1 Å². The SMILES string of the molecule is CC(C)n1cc(CN2C[C@@H]3c4cc(-c5cnn(C)c5)ccc4S(=O)(=O)[C@H]3C2)cn1. The Kier molecular flexibility index (Phi) is 4.18. The molecule has 8 heteroatoms. The summed E-state index contributed by atoms with van der Waals surface area (Å²) >= 11 is 0. The van der Waals surface area contributed by atoms with Gasteiger partial charge in [-0.2, -0.15) is 10.2 Å². The number of aromatic nitrogens is 4. The van der Waals surface area contributed by atoms with Crippen molar-refractivity contribution in [1.29, 1.82) is 0 Å². The van der Waals surface area contributed by atoms with E-state index in [1.165, 1.54) is 0 Å². The molecule has 0 amide bonds. The van der Waals surface area contributed by atoms with E-state index < -0.39 is 9.84 Å². The fourth-order valence-corrected chi connectivity index (χ4v) is 6.80. The third-order valence-corrected chi connectivity index (χ3v) is 8.34. The molecule has 0 radical (unpaired) electrons. The lowest BCUT2D eigenvalue weighted by Gasteiger charge is -2.16. The molecule has 0 bridgehead atoms. The van der Waals surface area contributed by atoms with E-state index in [4.69, 9.17) is 0 Å². The van der Waals surface area contributed by atoms with Gasteiger partial charge in [-0.3, -0.25) is 14.3 Å². The summed E-state index contributed by atoms with van der Waals surface area (Å²) in [5, 5.41) is 8.28. The fraction of sp³-hybridized carbons (Fsp3) is 0.429. The van der Waals surface area contributed by atoms with Crippen molar-refractivity contribution >= 4 is 9.84 Å². The second-order valence-electron chi connectivity index (χ2n) is 8.46. The average Bonchev–Trinajstić information content (AvgIpc) is 3.43. The number of nitrogens with zero attached hydrogens (tertiary/aromatic N) is 5. The molecule has 5 rings (SSSR count). The van der Waals surface area contributed by atoms with Crippen LogP contribution in [-0.4, -0.2) is 51.2 Å². The number of rotatable bonds is 4. The molecule has 1 fully saturated rings. The zero-order valence-corrected chi connectivity index (χ0v) is 17.7. The van der Waals surface area contributed by atoms with Gasteiger partial charge in [0.15, 0.2) is 9.84 Å². The maximum atomic E-state index is 13.1. The second-order valence-corrected chi connectivity index (χ2v) is 10.6. The van der Waals surface area contributed by atoms with Crippen LogP contribution in [0.4, 0.5) is 0 Å². The number of fused-ring (bicyclic) bond motifs is 3. The molecule has 2 aliphatic heterocycles. The molecule has 0 spiro atoms. The van der Waals surface area contributed by atoms with E-state index in [0.29, 0.717) is 17.5 Å². The van der Waals surface area contributed by atoms with Gasteiger partial charge in [-0.15, -0.1) is 0 Å². The third kappa shape index (κ3) is 3.02. The Morgan fingerprint density at radius 1 is 1.10 bits per heavy atom. The van der Waals surface area contributed by atoms with E-state index >= 15 is 0 Å². The van der Waals surface area contributed by atoms with Crippen LogP contribution in [-0.2, 0) is 23.4 Å². The Morgan fingerprint density at radius 3 is 2.62 bits per heavy atom. The molecule has 4 heterocycles. The van der Waals surface area contributed by atoms with Gasteiger partial charge in [0.2, 0.25) is 0 Å². The van der Waals surface area contributed by atoms with Gasteiger partial charge in [0.25, 0.3) is 0 Å². The Hall–Kier alpha value is -2.45. The van der Waals surface area contributed by atoms with E-state index in [-0.39, 0.29) is 11.2 Å².